The maximum Gasteiger partial charge on any atom is 0.140 e. The number of hydrogen-bond donors (Lipinski definition) is 0. The summed E-state index contributed by atoms with van der Waals surface area (Å²) in [6.07, 6.45) is 0. The second-order valence-corrected chi connectivity index (χ2v) is 12.2. The molecule has 0 saturated heterocycles. The van der Waals surface area contributed by atoms with Crippen LogP contribution in [0.2, 0.25) is 0 Å². The Morgan fingerprint density at radius 3 is 1.46 bits per heavy atom. The Kier molecular flexibility index (Phi) is 4.33. The van der Waals surface area contributed by atoms with E-state index in [9.17, 15) is 0 Å². The third-order valence-corrected chi connectivity index (χ3v) is 10.7. The van der Waals surface area contributed by atoms with Crippen molar-refractivity contribution in [1.82, 2.24) is 0 Å². The summed E-state index contributed by atoms with van der Waals surface area (Å²) in [6, 6.07) is 45.4. The van der Waals surface area contributed by atoms with Crippen molar-refractivity contribution in [3.63, 3.8) is 0 Å². The zero-order valence-corrected chi connectivity index (χ0v) is 21.8. The van der Waals surface area contributed by atoms with Gasteiger partial charge in [-0.3, -0.25) is 0 Å². The van der Waals surface area contributed by atoms with E-state index < -0.39 is 7.92 Å². The molecule has 0 atom stereocenters. The van der Waals surface area contributed by atoms with E-state index in [1.165, 1.54) is 53.8 Å². The Morgan fingerprint density at radius 1 is 0.385 bits per heavy atom. The molecule has 2 heterocycles. The van der Waals surface area contributed by atoms with Crippen LogP contribution in [0.4, 0.5) is 0 Å². The van der Waals surface area contributed by atoms with E-state index in [4.69, 9.17) is 9.47 Å². The zero-order valence-electron chi connectivity index (χ0n) is 20.9. The van der Waals surface area contributed by atoms with Gasteiger partial charge < -0.3 is 9.47 Å². The summed E-state index contributed by atoms with van der Waals surface area (Å²) in [5.41, 5.74) is 2.28. The standard InChI is InChI=1S/C36H21O2P/c1-4-12-26-22(8-1)11-7-15-27(26)25-20-32-36-33(21-25)38-31-19-17-24-10-3-6-14-29(24)35(31)39(36)34-28-13-5-2-9-23(28)16-18-30(34)37-32/h1-21H. The zero-order chi connectivity index (χ0) is 25.5. The van der Waals surface area contributed by atoms with Crippen molar-refractivity contribution in [3.8, 4) is 34.1 Å². The highest BCUT2D eigenvalue weighted by atomic mass is 31.1. The lowest BCUT2D eigenvalue weighted by Crippen LogP contribution is -2.32. The summed E-state index contributed by atoms with van der Waals surface area (Å²) in [5, 5.41) is 11.1. The van der Waals surface area contributed by atoms with Crippen LogP contribution in [-0.2, 0) is 0 Å². The molecule has 0 unspecified atom stereocenters. The fraction of sp³-hybridized carbons (Fsp3) is 0. The molecule has 0 amide bonds. The molecule has 2 aliphatic heterocycles. The second-order valence-electron chi connectivity index (χ2n) is 10.2. The Morgan fingerprint density at radius 2 is 0.872 bits per heavy atom. The molecule has 39 heavy (non-hydrogen) atoms. The maximum absolute atomic E-state index is 6.77. The highest BCUT2D eigenvalue weighted by Crippen LogP contribution is 2.56. The van der Waals surface area contributed by atoms with Gasteiger partial charge in [-0.2, -0.15) is 0 Å². The first-order valence-corrected chi connectivity index (χ1v) is 14.5. The lowest BCUT2D eigenvalue weighted by atomic mass is 9.98. The van der Waals surface area contributed by atoms with Crippen LogP contribution in [0.1, 0.15) is 0 Å². The molecule has 2 nitrogen and oxygen atoms in total. The van der Waals surface area contributed by atoms with E-state index in [-0.39, 0.29) is 0 Å². The minimum atomic E-state index is -0.917. The predicted octanol–water partition coefficient (Wildman–Crippen LogP) is 8.78. The molecule has 0 aliphatic carbocycles. The molecule has 7 aromatic carbocycles. The second kappa shape index (κ2) is 7.93. The minimum Gasteiger partial charge on any atom is -0.456 e. The summed E-state index contributed by atoms with van der Waals surface area (Å²) in [7, 11) is -0.917. The molecule has 0 N–H and O–H groups in total. The van der Waals surface area contributed by atoms with Gasteiger partial charge in [0.15, 0.2) is 0 Å². The van der Waals surface area contributed by atoms with E-state index in [1.54, 1.807) is 0 Å². The van der Waals surface area contributed by atoms with Gasteiger partial charge in [-0.05, 0) is 67.7 Å². The molecule has 3 heteroatoms. The van der Waals surface area contributed by atoms with E-state index >= 15 is 0 Å². The Labute approximate surface area is 226 Å². The largest absolute Gasteiger partial charge is 0.456 e. The average molecular weight is 517 g/mol. The van der Waals surface area contributed by atoms with Crippen LogP contribution in [0, 0.1) is 0 Å². The normalized spacial score (nSPS) is 13.4. The molecule has 0 fully saturated rings. The fourth-order valence-electron chi connectivity index (χ4n) is 6.26. The van der Waals surface area contributed by atoms with Crippen molar-refractivity contribution in [3.05, 3.63) is 127 Å². The third kappa shape index (κ3) is 3.01. The van der Waals surface area contributed by atoms with Crippen molar-refractivity contribution in [2.24, 2.45) is 0 Å². The van der Waals surface area contributed by atoms with Gasteiger partial charge in [-0.15, -0.1) is 0 Å². The quantitative estimate of drug-likeness (QED) is 0.203. The molecular formula is C36H21O2P. The first-order valence-electron chi connectivity index (χ1n) is 13.2. The SMILES string of the molecule is c1ccc2c(-c3cc4c5c(c3)Oc3ccc6ccccc6c3P5c3c(ccc5ccccc35)O4)cccc2c1. The van der Waals surface area contributed by atoms with Crippen molar-refractivity contribution < 1.29 is 9.47 Å². The van der Waals surface area contributed by atoms with Crippen LogP contribution in [0.3, 0.4) is 0 Å². The van der Waals surface area contributed by atoms with E-state index in [0.717, 1.165) is 28.6 Å². The Hall–Kier alpha value is -4.65. The van der Waals surface area contributed by atoms with Gasteiger partial charge in [0.2, 0.25) is 0 Å². The van der Waals surface area contributed by atoms with Gasteiger partial charge in [0.1, 0.15) is 23.0 Å². The van der Waals surface area contributed by atoms with E-state index in [0.29, 0.717) is 0 Å². The summed E-state index contributed by atoms with van der Waals surface area (Å²) >= 11 is 0. The van der Waals surface area contributed by atoms with Crippen molar-refractivity contribution in [1.29, 1.82) is 0 Å². The van der Waals surface area contributed by atoms with Crippen LogP contribution in [0.5, 0.6) is 23.0 Å². The van der Waals surface area contributed by atoms with Gasteiger partial charge in [0.05, 0.1) is 5.30 Å². The number of hydrogen-bond acceptors (Lipinski definition) is 2. The Bertz CT molecular complexity index is 2030. The molecule has 0 aromatic heterocycles. The summed E-state index contributed by atoms with van der Waals surface area (Å²) in [4.78, 5) is 0. The average Bonchev–Trinajstić information content (AvgIpc) is 3.00. The highest BCUT2D eigenvalue weighted by Gasteiger charge is 2.39. The van der Waals surface area contributed by atoms with Gasteiger partial charge >= 0.3 is 0 Å². The molecule has 2 aliphatic rings. The number of fused-ring (bicyclic) bond motifs is 9. The number of ether oxygens (including phenoxy) is 2. The lowest BCUT2D eigenvalue weighted by molar-refractivity contribution is 0.467. The topological polar surface area (TPSA) is 18.5 Å². The maximum atomic E-state index is 6.77. The minimum absolute atomic E-state index is 0.892. The molecular weight excluding hydrogens is 495 g/mol. The molecule has 0 saturated carbocycles. The highest BCUT2D eigenvalue weighted by molar-refractivity contribution is 7.81. The lowest BCUT2D eigenvalue weighted by Gasteiger charge is -2.36. The molecule has 0 radical (unpaired) electrons. The van der Waals surface area contributed by atoms with Crippen LogP contribution < -0.4 is 25.4 Å². The molecule has 9 rings (SSSR count). The predicted molar refractivity (Wildman–Crippen MR) is 163 cm³/mol. The van der Waals surface area contributed by atoms with Crippen LogP contribution in [0.25, 0.3) is 43.4 Å². The molecule has 0 bridgehead atoms. The van der Waals surface area contributed by atoms with Gasteiger partial charge in [-0.1, -0.05) is 103 Å². The van der Waals surface area contributed by atoms with E-state index in [1.807, 2.05) is 0 Å². The van der Waals surface area contributed by atoms with Crippen molar-refractivity contribution in [2.75, 3.05) is 0 Å². The summed E-state index contributed by atoms with van der Waals surface area (Å²) < 4.78 is 13.5. The monoisotopic (exact) mass is 516 g/mol. The van der Waals surface area contributed by atoms with Crippen molar-refractivity contribution >= 4 is 56.2 Å². The first-order chi connectivity index (χ1) is 19.3. The molecule has 0 spiro atoms. The van der Waals surface area contributed by atoms with Crippen LogP contribution in [-0.4, -0.2) is 0 Å². The molecule has 182 valence electrons. The van der Waals surface area contributed by atoms with E-state index in [2.05, 4.69) is 127 Å². The number of rotatable bonds is 1. The van der Waals surface area contributed by atoms with Crippen LogP contribution >= 0.6 is 7.92 Å². The number of benzene rings is 7. The third-order valence-electron chi connectivity index (χ3n) is 7.98. The van der Waals surface area contributed by atoms with Gasteiger partial charge in [-0.25, -0.2) is 0 Å². The Balaban J connectivity index is 1.38. The first kappa shape index (κ1) is 21.3. The smallest absolute Gasteiger partial charge is 0.140 e. The summed E-state index contributed by atoms with van der Waals surface area (Å²) in [5.74, 6) is 3.66. The summed E-state index contributed by atoms with van der Waals surface area (Å²) in [6.45, 7) is 0. The molecule has 7 aromatic rings. The van der Waals surface area contributed by atoms with Gasteiger partial charge in [0.25, 0.3) is 0 Å². The van der Waals surface area contributed by atoms with Gasteiger partial charge in [0, 0.05) is 18.5 Å². The van der Waals surface area contributed by atoms with Crippen molar-refractivity contribution in [2.45, 2.75) is 0 Å². The van der Waals surface area contributed by atoms with Crippen LogP contribution in [0.15, 0.2) is 127 Å². The fourth-order valence-corrected chi connectivity index (χ4v) is 9.16.